The summed E-state index contributed by atoms with van der Waals surface area (Å²) < 4.78 is 13.0. The SMILES string of the molecule is CNCC(C)C(=O)N[C@H](C)c1cccc(F)c1. The highest BCUT2D eigenvalue weighted by Crippen LogP contribution is 2.13. The molecule has 0 fully saturated rings. The number of carbonyl (C=O) groups is 1. The predicted octanol–water partition coefficient (Wildman–Crippen LogP) is 1.86. The van der Waals surface area contributed by atoms with Crippen molar-refractivity contribution in [1.29, 1.82) is 0 Å². The first-order valence-corrected chi connectivity index (χ1v) is 5.75. The first-order chi connectivity index (χ1) is 8.04. The number of hydrogen-bond acceptors (Lipinski definition) is 2. The maximum Gasteiger partial charge on any atom is 0.224 e. The van der Waals surface area contributed by atoms with Crippen LogP contribution in [0.1, 0.15) is 25.5 Å². The molecule has 0 radical (unpaired) electrons. The van der Waals surface area contributed by atoms with Crippen molar-refractivity contribution >= 4 is 5.91 Å². The Kier molecular flexibility index (Phi) is 5.10. The zero-order valence-electron chi connectivity index (χ0n) is 10.5. The Bertz CT molecular complexity index is 381. The van der Waals surface area contributed by atoms with Gasteiger partial charge in [-0.2, -0.15) is 0 Å². The Morgan fingerprint density at radius 1 is 1.41 bits per heavy atom. The van der Waals surface area contributed by atoms with Crippen molar-refractivity contribution in [2.45, 2.75) is 19.9 Å². The third kappa shape index (κ3) is 4.15. The molecular weight excluding hydrogens is 219 g/mol. The number of rotatable bonds is 5. The van der Waals surface area contributed by atoms with Crippen molar-refractivity contribution in [2.75, 3.05) is 13.6 Å². The predicted molar refractivity (Wildman–Crippen MR) is 66.0 cm³/mol. The van der Waals surface area contributed by atoms with E-state index in [9.17, 15) is 9.18 Å². The van der Waals surface area contributed by atoms with Crippen LogP contribution in [0.2, 0.25) is 0 Å². The summed E-state index contributed by atoms with van der Waals surface area (Å²) in [5.41, 5.74) is 0.773. The van der Waals surface area contributed by atoms with E-state index in [-0.39, 0.29) is 23.7 Å². The molecule has 0 aliphatic heterocycles. The fourth-order valence-electron chi connectivity index (χ4n) is 1.61. The van der Waals surface area contributed by atoms with Crippen LogP contribution in [0.25, 0.3) is 0 Å². The molecule has 2 N–H and O–H groups in total. The molecule has 0 saturated carbocycles. The third-order valence-electron chi connectivity index (χ3n) is 2.67. The maximum atomic E-state index is 13.0. The molecule has 4 heteroatoms. The molecule has 0 aliphatic rings. The molecule has 0 saturated heterocycles. The van der Waals surface area contributed by atoms with E-state index in [0.717, 1.165) is 5.56 Å². The quantitative estimate of drug-likeness (QED) is 0.822. The van der Waals surface area contributed by atoms with Gasteiger partial charge in [0.2, 0.25) is 5.91 Å². The van der Waals surface area contributed by atoms with Crippen molar-refractivity contribution in [2.24, 2.45) is 5.92 Å². The molecule has 1 aromatic rings. The highest BCUT2D eigenvalue weighted by Gasteiger charge is 2.15. The van der Waals surface area contributed by atoms with Crippen LogP contribution in [0.5, 0.6) is 0 Å². The number of hydrogen-bond donors (Lipinski definition) is 2. The first-order valence-electron chi connectivity index (χ1n) is 5.75. The summed E-state index contributed by atoms with van der Waals surface area (Å²) in [4.78, 5) is 11.8. The van der Waals surface area contributed by atoms with Crippen molar-refractivity contribution in [1.82, 2.24) is 10.6 Å². The number of carbonyl (C=O) groups excluding carboxylic acids is 1. The van der Waals surface area contributed by atoms with Crippen LogP contribution in [0.4, 0.5) is 4.39 Å². The summed E-state index contributed by atoms with van der Waals surface area (Å²) >= 11 is 0. The van der Waals surface area contributed by atoms with Gasteiger partial charge in [0.25, 0.3) is 0 Å². The smallest absolute Gasteiger partial charge is 0.224 e. The van der Waals surface area contributed by atoms with E-state index in [2.05, 4.69) is 10.6 Å². The lowest BCUT2D eigenvalue weighted by atomic mass is 10.1. The molecule has 0 aliphatic carbocycles. The number of nitrogens with one attached hydrogen (secondary N) is 2. The van der Waals surface area contributed by atoms with Gasteiger partial charge >= 0.3 is 0 Å². The van der Waals surface area contributed by atoms with E-state index < -0.39 is 0 Å². The second kappa shape index (κ2) is 6.35. The standard InChI is InChI=1S/C13H19FN2O/c1-9(8-15-3)13(17)16-10(2)11-5-4-6-12(14)7-11/h4-7,9-10,15H,8H2,1-3H3,(H,16,17)/t9?,10-/m1/s1. The van der Waals surface area contributed by atoms with Gasteiger partial charge in [-0.05, 0) is 31.7 Å². The molecular formula is C13H19FN2O. The van der Waals surface area contributed by atoms with E-state index in [1.807, 2.05) is 13.8 Å². The monoisotopic (exact) mass is 238 g/mol. The highest BCUT2D eigenvalue weighted by molar-refractivity contribution is 5.78. The maximum absolute atomic E-state index is 13.0. The number of benzene rings is 1. The van der Waals surface area contributed by atoms with Gasteiger partial charge in [-0.3, -0.25) is 4.79 Å². The summed E-state index contributed by atoms with van der Waals surface area (Å²) in [5, 5.41) is 5.81. The fourth-order valence-corrected chi connectivity index (χ4v) is 1.61. The van der Waals surface area contributed by atoms with Gasteiger partial charge in [0.05, 0.1) is 6.04 Å². The molecule has 0 aromatic heterocycles. The summed E-state index contributed by atoms with van der Waals surface area (Å²) in [7, 11) is 1.81. The van der Waals surface area contributed by atoms with Crippen LogP contribution in [0.3, 0.4) is 0 Å². The van der Waals surface area contributed by atoms with Gasteiger partial charge in [0.15, 0.2) is 0 Å². The molecule has 0 heterocycles. The Hall–Kier alpha value is -1.42. The van der Waals surface area contributed by atoms with Crippen molar-refractivity contribution in [3.05, 3.63) is 35.6 Å². The normalized spacial score (nSPS) is 14.1. The summed E-state index contributed by atoms with van der Waals surface area (Å²) in [5.74, 6) is -0.418. The van der Waals surface area contributed by atoms with Crippen LogP contribution >= 0.6 is 0 Å². The zero-order chi connectivity index (χ0) is 12.8. The largest absolute Gasteiger partial charge is 0.349 e. The Labute approximate surface area is 101 Å². The van der Waals surface area contributed by atoms with Crippen molar-refractivity contribution < 1.29 is 9.18 Å². The van der Waals surface area contributed by atoms with E-state index >= 15 is 0 Å². The lowest BCUT2D eigenvalue weighted by Gasteiger charge is -2.17. The second-order valence-corrected chi connectivity index (χ2v) is 4.24. The van der Waals surface area contributed by atoms with E-state index in [1.54, 1.807) is 19.2 Å². The molecule has 2 atom stereocenters. The molecule has 94 valence electrons. The van der Waals surface area contributed by atoms with Gasteiger partial charge in [-0.1, -0.05) is 19.1 Å². The van der Waals surface area contributed by atoms with Crippen LogP contribution < -0.4 is 10.6 Å². The van der Waals surface area contributed by atoms with Crippen LogP contribution in [0, 0.1) is 11.7 Å². The average molecular weight is 238 g/mol. The van der Waals surface area contributed by atoms with Gasteiger partial charge in [-0.15, -0.1) is 0 Å². The summed E-state index contributed by atoms with van der Waals surface area (Å²) in [6.07, 6.45) is 0. The molecule has 17 heavy (non-hydrogen) atoms. The third-order valence-corrected chi connectivity index (χ3v) is 2.67. The average Bonchev–Trinajstić information content (AvgIpc) is 2.29. The Morgan fingerprint density at radius 2 is 2.12 bits per heavy atom. The van der Waals surface area contributed by atoms with Crippen LogP contribution in [-0.4, -0.2) is 19.5 Å². The fraction of sp³-hybridized carbons (Fsp3) is 0.462. The van der Waals surface area contributed by atoms with Gasteiger partial charge in [0, 0.05) is 12.5 Å². The molecule has 1 unspecified atom stereocenters. The molecule has 1 amide bonds. The van der Waals surface area contributed by atoms with E-state index in [1.165, 1.54) is 12.1 Å². The zero-order valence-corrected chi connectivity index (χ0v) is 10.5. The first kappa shape index (κ1) is 13.6. The van der Waals surface area contributed by atoms with Gasteiger partial charge < -0.3 is 10.6 Å². The van der Waals surface area contributed by atoms with Crippen molar-refractivity contribution in [3.63, 3.8) is 0 Å². The molecule has 1 rings (SSSR count). The molecule has 3 nitrogen and oxygen atoms in total. The molecule has 0 spiro atoms. The van der Waals surface area contributed by atoms with Crippen LogP contribution in [-0.2, 0) is 4.79 Å². The topological polar surface area (TPSA) is 41.1 Å². The number of halogens is 1. The molecule has 1 aromatic carbocycles. The number of amides is 1. The van der Waals surface area contributed by atoms with Gasteiger partial charge in [-0.25, -0.2) is 4.39 Å². The van der Waals surface area contributed by atoms with E-state index in [4.69, 9.17) is 0 Å². The highest BCUT2D eigenvalue weighted by atomic mass is 19.1. The minimum Gasteiger partial charge on any atom is -0.349 e. The lowest BCUT2D eigenvalue weighted by Crippen LogP contribution is -2.35. The minimum absolute atomic E-state index is 0.0314. The Balaban J connectivity index is 2.60. The van der Waals surface area contributed by atoms with E-state index in [0.29, 0.717) is 6.54 Å². The summed E-state index contributed by atoms with van der Waals surface area (Å²) in [6.45, 7) is 4.32. The minimum atomic E-state index is -0.285. The second-order valence-electron chi connectivity index (χ2n) is 4.24. The summed E-state index contributed by atoms with van der Waals surface area (Å²) in [6, 6.07) is 6.09. The Morgan fingerprint density at radius 3 is 2.71 bits per heavy atom. The molecule has 0 bridgehead atoms. The lowest BCUT2D eigenvalue weighted by molar-refractivity contribution is -0.125. The van der Waals surface area contributed by atoms with Gasteiger partial charge in [0.1, 0.15) is 5.82 Å². The van der Waals surface area contributed by atoms with Crippen molar-refractivity contribution in [3.8, 4) is 0 Å². The van der Waals surface area contributed by atoms with Crippen LogP contribution in [0.15, 0.2) is 24.3 Å².